The van der Waals surface area contributed by atoms with Crippen LogP contribution in [0.4, 0.5) is 13.2 Å². The van der Waals surface area contributed by atoms with Crippen molar-refractivity contribution in [1.29, 1.82) is 0 Å². The van der Waals surface area contributed by atoms with Gasteiger partial charge in [0.05, 0.1) is 5.56 Å². The van der Waals surface area contributed by atoms with Gasteiger partial charge in [0.25, 0.3) is 6.43 Å². The molecule has 0 N–H and O–H groups in total. The first-order valence-corrected chi connectivity index (χ1v) is 8.76. The van der Waals surface area contributed by atoms with Crippen LogP contribution in [-0.2, 0) is 10.8 Å². The monoisotopic (exact) mass is 330 g/mol. The highest BCUT2D eigenvalue weighted by molar-refractivity contribution is 7.86. The summed E-state index contributed by atoms with van der Waals surface area (Å²) >= 11 is 0. The Morgan fingerprint density at radius 1 is 1.18 bits per heavy atom. The minimum atomic E-state index is -2.89. The molecule has 3 rings (SSSR count). The SMILES string of the molecule is O=C(c1ccc(C(F)F)c(F)c1)C1CC2CCCC(C1)S2=O. The van der Waals surface area contributed by atoms with E-state index in [1.807, 2.05) is 0 Å². The van der Waals surface area contributed by atoms with Crippen molar-refractivity contribution in [3.8, 4) is 0 Å². The summed E-state index contributed by atoms with van der Waals surface area (Å²) in [5, 5.41) is 0.0956. The third-order valence-corrected chi connectivity index (χ3v) is 6.87. The van der Waals surface area contributed by atoms with Crippen LogP contribution in [0.25, 0.3) is 0 Å². The minimum absolute atomic E-state index is 0.0478. The summed E-state index contributed by atoms with van der Waals surface area (Å²) in [6.45, 7) is 0. The average Bonchev–Trinajstić information content (AvgIpc) is 2.45. The van der Waals surface area contributed by atoms with Crippen molar-refractivity contribution in [1.82, 2.24) is 0 Å². The number of hydrogen-bond acceptors (Lipinski definition) is 2. The van der Waals surface area contributed by atoms with E-state index in [1.165, 1.54) is 6.07 Å². The van der Waals surface area contributed by atoms with Crippen LogP contribution in [0, 0.1) is 11.7 Å². The highest BCUT2D eigenvalue weighted by Crippen LogP contribution is 2.38. The Kier molecular flexibility index (Phi) is 4.39. The van der Waals surface area contributed by atoms with Gasteiger partial charge in [0.1, 0.15) is 5.82 Å². The summed E-state index contributed by atoms with van der Waals surface area (Å²) in [6, 6.07) is 3.16. The van der Waals surface area contributed by atoms with Gasteiger partial charge in [0.2, 0.25) is 0 Å². The summed E-state index contributed by atoms with van der Waals surface area (Å²) in [5.41, 5.74) is -0.546. The van der Waals surface area contributed by atoms with Crippen molar-refractivity contribution in [2.75, 3.05) is 0 Å². The highest BCUT2D eigenvalue weighted by Gasteiger charge is 2.40. The first-order valence-electron chi connectivity index (χ1n) is 7.48. The molecule has 0 saturated carbocycles. The van der Waals surface area contributed by atoms with Crippen LogP contribution in [0.3, 0.4) is 0 Å². The molecule has 120 valence electrons. The third-order valence-electron chi connectivity index (χ3n) is 4.69. The molecule has 0 radical (unpaired) electrons. The molecular weight excluding hydrogens is 313 g/mol. The van der Waals surface area contributed by atoms with Crippen molar-refractivity contribution < 1.29 is 22.2 Å². The van der Waals surface area contributed by atoms with Gasteiger partial charge in [-0.15, -0.1) is 0 Å². The Hall–Kier alpha value is -1.17. The van der Waals surface area contributed by atoms with E-state index >= 15 is 0 Å². The molecule has 0 amide bonds. The van der Waals surface area contributed by atoms with Gasteiger partial charge in [-0.1, -0.05) is 12.5 Å². The number of hydrogen-bond donors (Lipinski definition) is 0. The zero-order valence-corrected chi connectivity index (χ0v) is 12.8. The van der Waals surface area contributed by atoms with E-state index in [0.717, 1.165) is 31.4 Å². The highest BCUT2D eigenvalue weighted by atomic mass is 32.2. The molecule has 2 aliphatic heterocycles. The lowest BCUT2D eigenvalue weighted by atomic mass is 9.84. The van der Waals surface area contributed by atoms with E-state index < -0.39 is 28.6 Å². The number of Topliss-reactive ketones (excluding diaryl/α,β-unsaturated/α-hetero) is 1. The average molecular weight is 330 g/mol. The zero-order valence-electron chi connectivity index (χ0n) is 11.9. The molecule has 2 unspecified atom stereocenters. The van der Waals surface area contributed by atoms with Gasteiger partial charge in [-0.05, 0) is 37.8 Å². The maximum atomic E-state index is 13.6. The molecule has 1 aromatic carbocycles. The molecule has 2 fully saturated rings. The van der Waals surface area contributed by atoms with E-state index in [2.05, 4.69) is 0 Å². The first-order chi connectivity index (χ1) is 10.5. The second kappa shape index (κ2) is 6.14. The predicted molar refractivity (Wildman–Crippen MR) is 78.0 cm³/mol. The third kappa shape index (κ3) is 2.85. The van der Waals surface area contributed by atoms with Gasteiger partial charge in [0.15, 0.2) is 5.78 Å². The van der Waals surface area contributed by atoms with Crippen molar-refractivity contribution >= 4 is 16.6 Å². The summed E-state index contributed by atoms with van der Waals surface area (Å²) in [7, 11) is -0.869. The second-order valence-corrected chi connectivity index (χ2v) is 8.06. The van der Waals surface area contributed by atoms with E-state index in [-0.39, 0.29) is 27.8 Å². The number of halogens is 3. The fraction of sp³-hybridized carbons (Fsp3) is 0.562. The Labute approximate surface area is 129 Å². The zero-order chi connectivity index (χ0) is 15.9. The molecular formula is C16H17F3O2S. The molecule has 2 saturated heterocycles. The number of carbonyl (C=O) groups is 1. The maximum absolute atomic E-state index is 13.6. The van der Waals surface area contributed by atoms with Crippen LogP contribution in [0.5, 0.6) is 0 Å². The quantitative estimate of drug-likeness (QED) is 0.784. The van der Waals surface area contributed by atoms with Gasteiger partial charge >= 0.3 is 0 Å². The van der Waals surface area contributed by atoms with Gasteiger partial charge in [-0.25, -0.2) is 13.2 Å². The van der Waals surface area contributed by atoms with Gasteiger partial charge in [-0.3, -0.25) is 9.00 Å². The lowest BCUT2D eigenvalue weighted by molar-refractivity contribution is 0.0894. The molecule has 0 spiro atoms. The maximum Gasteiger partial charge on any atom is 0.266 e. The van der Waals surface area contributed by atoms with Crippen molar-refractivity contribution in [2.24, 2.45) is 5.92 Å². The Morgan fingerprint density at radius 3 is 2.36 bits per heavy atom. The van der Waals surface area contributed by atoms with Crippen LogP contribution in [-0.4, -0.2) is 20.5 Å². The number of rotatable bonds is 3. The number of ketones is 1. The number of alkyl halides is 2. The van der Waals surface area contributed by atoms with E-state index in [4.69, 9.17) is 0 Å². The Bertz CT molecular complexity index is 601. The normalized spacial score (nSPS) is 31.3. The van der Waals surface area contributed by atoms with E-state index in [0.29, 0.717) is 12.8 Å². The van der Waals surface area contributed by atoms with E-state index in [1.54, 1.807) is 0 Å². The summed E-state index contributed by atoms with van der Waals surface area (Å²) in [4.78, 5) is 12.5. The molecule has 2 heterocycles. The standard InChI is InChI=1S/C16H17F3O2S/c17-14-8-9(4-5-13(14)16(18)19)15(20)10-6-11-2-1-3-12(7-10)22(11)21/h4-5,8,10-12,16H,1-3,6-7H2. The molecule has 22 heavy (non-hydrogen) atoms. The largest absolute Gasteiger partial charge is 0.294 e. The Balaban J connectivity index is 1.80. The van der Waals surface area contributed by atoms with Crippen LogP contribution in [0.1, 0.15) is 54.5 Å². The summed E-state index contributed by atoms with van der Waals surface area (Å²) in [5.74, 6) is -1.53. The lowest BCUT2D eigenvalue weighted by Crippen LogP contribution is -2.41. The van der Waals surface area contributed by atoms with Crippen molar-refractivity contribution in [2.45, 2.75) is 49.0 Å². The summed E-state index contributed by atoms with van der Waals surface area (Å²) < 4.78 is 50.9. The fourth-order valence-electron chi connectivity index (χ4n) is 3.54. The summed E-state index contributed by atoms with van der Waals surface area (Å²) in [6.07, 6.45) is 0.998. The van der Waals surface area contributed by atoms with Gasteiger partial charge in [0, 0.05) is 32.8 Å². The van der Waals surface area contributed by atoms with Crippen LogP contribution < -0.4 is 0 Å². The predicted octanol–water partition coefficient (Wildman–Crippen LogP) is 4.03. The smallest absolute Gasteiger partial charge is 0.266 e. The van der Waals surface area contributed by atoms with Crippen LogP contribution in [0.2, 0.25) is 0 Å². The lowest BCUT2D eigenvalue weighted by Gasteiger charge is -2.37. The topological polar surface area (TPSA) is 34.1 Å². The van der Waals surface area contributed by atoms with Gasteiger partial charge < -0.3 is 0 Å². The number of fused-ring (bicyclic) bond motifs is 2. The van der Waals surface area contributed by atoms with Crippen LogP contribution in [0.15, 0.2) is 18.2 Å². The molecule has 2 bridgehead atoms. The van der Waals surface area contributed by atoms with Crippen LogP contribution >= 0.6 is 0 Å². The minimum Gasteiger partial charge on any atom is -0.294 e. The number of benzene rings is 1. The Morgan fingerprint density at radius 2 is 1.82 bits per heavy atom. The second-order valence-electron chi connectivity index (χ2n) is 6.07. The fourth-order valence-corrected chi connectivity index (χ4v) is 5.73. The van der Waals surface area contributed by atoms with E-state index in [9.17, 15) is 22.2 Å². The van der Waals surface area contributed by atoms with Gasteiger partial charge in [-0.2, -0.15) is 0 Å². The number of carbonyl (C=O) groups excluding carboxylic acids is 1. The molecule has 2 atom stereocenters. The first kappa shape index (κ1) is 15.7. The molecule has 1 aromatic rings. The molecule has 0 aliphatic carbocycles. The molecule has 2 nitrogen and oxygen atoms in total. The van der Waals surface area contributed by atoms with Crippen molar-refractivity contribution in [3.05, 3.63) is 35.1 Å². The molecule has 6 heteroatoms. The molecule has 2 aliphatic rings. The molecule has 0 aromatic heterocycles. The van der Waals surface area contributed by atoms with Crippen molar-refractivity contribution in [3.63, 3.8) is 0 Å².